The lowest BCUT2D eigenvalue weighted by atomic mass is 10.3. The van der Waals surface area contributed by atoms with Crippen molar-refractivity contribution in [1.29, 1.82) is 0 Å². The molecule has 0 N–H and O–H groups in total. The maximum absolute atomic E-state index is 5.61. The monoisotopic (exact) mass is 184 g/mol. The molecule has 0 fully saturated rings. The van der Waals surface area contributed by atoms with Gasteiger partial charge in [-0.25, -0.2) is 0 Å². The van der Waals surface area contributed by atoms with Gasteiger partial charge >= 0.3 is 0 Å². The fourth-order valence-corrected chi connectivity index (χ4v) is 0.683. The molecule has 0 aliphatic carbocycles. The molecule has 0 unspecified atom stereocenters. The van der Waals surface area contributed by atoms with E-state index in [1.165, 1.54) is 0 Å². The Morgan fingerprint density at radius 2 is 1.67 bits per heavy atom. The first kappa shape index (κ1) is 9.35. The molecule has 0 saturated carbocycles. The minimum absolute atomic E-state index is 0.118. The average molecular weight is 185 g/mol. The van der Waals surface area contributed by atoms with Gasteiger partial charge < -0.3 is 0 Å². The average Bonchev–Trinajstić information content (AvgIpc) is 1.84. The molecule has 0 nitrogen and oxygen atoms in total. The second-order valence-electron chi connectivity index (χ2n) is 1.55. The van der Waals surface area contributed by atoms with Crippen LogP contribution in [-0.4, -0.2) is 0 Å². The third-order valence-corrected chi connectivity index (χ3v) is 2.00. The van der Waals surface area contributed by atoms with Crippen LogP contribution in [0.2, 0.25) is 0 Å². The van der Waals surface area contributed by atoms with Crippen molar-refractivity contribution in [1.82, 2.24) is 0 Å². The quantitative estimate of drug-likeness (QED) is 0.545. The molecular weight excluding hydrogens is 178 g/mol. The first-order valence-corrected chi connectivity index (χ1v) is 3.57. The summed E-state index contributed by atoms with van der Waals surface area (Å²) in [6, 6.07) is 0. The Hall–Kier alpha value is 0.350. The zero-order chi connectivity index (χ0) is 7.44. The molecule has 0 amide bonds. The van der Waals surface area contributed by atoms with Crippen LogP contribution in [0.4, 0.5) is 0 Å². The van der Waals surface area contributed by atoms with Crippen molar-refractivity contribution in [3.63, 3.8) is 0 Å². The summed E-state index contributed by atoms with van der Waals surface area (Å²) in [7, 11) is 0. The van der Waals surface area contributed by atoms with Gasteiger partial charge in [-0.15, -0.1) is 0 Å². The van der Waals surface area contributed by atoms with Crippen LogP contribution in [0.5, 0.6) is 0 Å². The van der Waals surface area contributed by atoms with Crippen molar-refractivity contribution in [2.24, 2.45) is 0 Å². The first-order chi connectivity index (χ1) is 4.09. The van der Waals surface area contributed by atoms with E-state index in [1.807, 2.05) is 19.9 Å². The molecule has 0 heterocycles. The normalized spacial score (nSPS) is 11.4. The van der Waals surface area contributed by atoms with Crippen LogP contribution in [0.3, 0.4) is 0 Å². The number of halogens is 3. The molecular formula is C6H7Cl3. The van der Waals surface area contributed by atoms with Crippen molar-refractivity contribution < 1.29 is 0 Å². The van der Waals surface area contributed by atoms with Crippen LogP contribution in [0.25, 0.3) is 0 Å². The van der Waals surface area contributed by atoms with E-state index in [2.05, 4.69) is 0 Å². The summed E-state index contributed by atoms with van der Waals surface area (Å²) < 4.78 is 0.118. The molecule has 0 aromatic heterocycles. The van der Waals surface area contributed by atoms with Crippen molar-refractivity contribution in [2.75, 3.05) is 0 Å². The lowest BCUT2D eigenvalue weighted by Gasteiger charge is -1.95. The Morgan fingerprint density at radius 1 is 1.22 bits per heavy atom. The van der Waals surface area contributed by atoms with E-state index in [0.717, 1.165) is 5.57 Å². The molecule has 0 aliphatic heterocycles. The molecule has 0 radical (unpaired) electrons. The minimum atomic E-state index is 0.118. The SMILES string of the molecule is CC=C(C)C(Cl)=C(Cl)Cl. The summed E-state index contributed by atoms with van der Waals surface area (Å²) >= 11 is 16.4. The Bertz CT molecular complexity index is 152. The molecule has 0 aromatic carbocycles. The Balaban J connectivity index is 4.40. The zero-order valence-electron chi connectivity index (χ0n) is 5.21. The van der Waals surface area contributed by atoms with Crippen molar-refractivity contribution in [3.05, 3.63) is 21.2 Å². The van der Waals surface area contributed by atoms with Gasteiger partial charge in [0.15, 0.2) is 0 Å². The molecule has 0 aromatic rings. The molecule has 0 atom stereocenters. The van der Waals surface area contributed by atoms with E-state index in [1.54, 1.807) is 0 Å². The van der Waals surface area contributed by atoms with E-state index < -0.39 is 0 Å². The van der Waals surface area contributed by atoms with Crippen LogP contribution in [-0.2, 0) is 0 Å². The lowest BCUT2D eigenvalue weighted by molar-refractivity contribution is 1.45. The summed E-state index contributed by atoms with van der Waals surface area (Å²) in [4.78, 5) is 0. The summed E-state index contributed by atoms with van der Waals surface area (Å²) in [5.74, 6) is 0. The van der Waals surface area contributed by atoms with Gasteiger partial charge in [0, 0.05) is 0 Å². The fraction of sp³-hybridized carbons (Fsp3) is 0.333. The van der Waals surface area contributed by atoms with Crippen molar-refractivity contribution in [3.8, 4) is 0 Å². The van der Waals surface area contributed by atoms with E-state index in [0.29, 0.717) is 5.03 Å². The predicted molar refractivity (Wildman–Crippen MR) is 44.0 cm³/mol. The van der Waals surface area contributed by atoms with Crippen LogP contribution in [0.15, 0.2) is 21.2 Å². The van der Waals surface area contributed by atoms with Gasteiger partial charge in [0.1, 0.15) is 4.49 Å². The van der Waals surface area contributed by atoms with Gasteiger partial charge in [0.2, 0.25) is 0 Å². The molecule has 9 heavy (non-hydrogen) atoms. The van der Waals surface area contributed by atoms with Crippen LogP contribution >= 0.6 is 34.8 Å². The summed E-state index contributed by atoms with van der Waals surface area (Å²) in [5.41, 5.74) is 0.886. The molecule has 0 rings (SSSR count). The molecule has 0 spiro atoms. The highest BCUT2D eigenvalue weighted by Gasteiger charge is 1.98. The second kappa shape index (κ2) is 4.21. The van der Waals surface area contributed by atoms with E-state index in [-0.39, 0.29) is 4.49 Å². The Morgan fingerprint density at radius 3 is 1.78 bits per heavy atom. The number of allylic oxidation sites excluding steroid dienone is 3. The first-order valence-electron chi connectivity index (χ1n) is 2.43. The van der Waals surface area contributed by atoms with E-state index >= 15 is 0 Å². The number of hydrogen-bond acceptors (Lipinski definition) is 0. The smallest absolute Gasteiger partial charge is 0.0832 e. The second-order valence-corrected chi connectivity index (χ2v) is 2.87. The van der Waals surface area contributed by atoms with Crippen molar-refractivity contribution >= 4 is 34.8 Å². The fourth-order valence-electron chi connectivity index (χ4n) is 0.276. The van der Waals surface area contributed by atoms with Crippen LogP contribution in [0.1, 0.15) is 13.8 Å². The Kier molecular flexibility index (Phi) is 4.37. The van der Waals surface area contributed by atoms with Gasteiger partial charge in [0.05, 0.1) is 5.03 Å². The minimum Gasteiger partial charge on any atom is -0.0832 e. The van der Waals surface area contributed by atoms with E-state index in [4.69, 9.17) is 34.8 Å². The van der Waals surface area contributed by atoms with Gasteiger partial charge in [-0.3, -0.25) is 0 Å². The van der Waals surface area contributed by atoms with Gasteiger partial charge in [-0.1, -0.05) is 40.9 Å². The highest BCUT2D eigenvalue weighted by molar-refractivity contribution is 6.59. The standard InChI is InChI=1S/C6H7Cl3/c1-3-4(2)5(7)6(8)9/h3H,1-2H3. The molecule has 3 heteroatoms. The number of hydrogen-bond donors (Lipinski definition) is 0. The molecule has 52 valence electrons. The zero-order valence-corrected chi connectivity index (χ0v) is 7.48. The lowest BCUT2D eigenvalue weighted by Crippen LogP contribution is -1.73. The van der Waals surface area contributed by atoms with Gasteiger partial charge in [0.25, 0.3) is 0 Å². The summed E-state index contributed by atoms with van der Waals surface area (Å²) in [6.07, 6.45) is 1.84. The third-order valence-electron chi connectivity index (χ3n) is 0.945. The van der Waals surface area contributed by atoms with Crippen LogP contribution < -0.4 is 0 Å². The van der Waals surface area contributed by atoms with Gasteiger partial charge in [-0.05, 0) is 19.4 Å². The third kappa shape index (κ3) is 3.14. The van der Waals surface area contributed by atoms with Gasteiger partial charge in [-0.2, -0.15) is 0 Å². The summed E-state index contributed by atoms with van der Waals surface area (Å²) in [5, 5.41) is 0.417. The summed E-state index contributed by atoms with van der Waals surface area (Å²) in [6.45, 7) is 3.71. The molecule has 0 bridgehead atoms. The highest BCUT2D eigenvalue weighted by atomic mass is 35.5. The highest BCUT2D eigenvalue weighted by Crippen LogP contribution is 2.23. The topological polar surface area (TPSA) is 0 Å². The van der Waals surface area contributed by atoms with E-state index in [9.17, 15) is 0 Å². The number of rotatable bonds is 1. The maximum atomic E-state index is 5.61. The predicted octanol–water partition coefficient (Wildman–Crippen LogP) is 3.84. The Labute approximate surface area is 70.1 Å². The molecule has 0 aliphatic rings. The van der Waals surface area contributed by atoms with Crippen molar-refractivity contribution in [2.45, 2.75) is 13.8 Å². The largest absolute Gasteiger partial charge is 0.125 e. The molecule has 0 saturated heterocycles. The van der Waals surface area contributed by atoms with Crippen LogP contribution in [0, 0.1) is 0 Å². The maximum Gasteiger partial charge on any atom is 0.125 e.